The van der Waals surface area contributed by atoms with E-state index < -0.39 is 5.60 Å². The van der Waals surface area contributed by atoms with Crippen molar-refractivity contribution < 1.29 is 14.7 Å². The molecule has 7 nitrogen and oxygen atoms in total. The highest BCUT2D eigenvalue weighted by Crippen LogP contribution is 2.28. The fourth-order valence-electron chi connectivity index (χ4n) is 4.93. The van der Waals surface area contributed by atoms with E-state index in [1.807, 2.05) is 30.3 Å². The van der Waals surface area contributed by atoms with Crippen molar-refractivity contribution in [1.29, 1.82) is 0 Å². The average Bonchev–Trinajstić information content (AvgIpc) is 3.36. The van der Waals surface area contributed by atoms with E-state index in [0.29, 0.717) is 49.8 Å². The number of carbonyl (C=O) groups is 2. The van der Waals surface area contributed by atoms with Crippen molar-refractivity contribution in [2.45, 2.75) is 38.2 Å². The quantitative estimate of drug-likeness (QED) is 0.590. The molecule has 2 N–H and O–H groups in total. The number of likely N-dealkylation sites (tertiary alicyclic amines) is 1. The average molecular weight is 473 g/mol. The fraction of sp³-hybridized carbons (Fsp3) is 0.357. The number of β-amino-alcohol motifs (C(OH)–C–C–N with tert-alkyl or cyclic N) is 1. The number of rotatable bonds is 5. The van der Waals surface area contributed by atoms with Gasteiger partial charge >= 0.3 is 0 Å². The lowest BCUT2D eigenvalue weighted by molar-refractivity contribution is -0.0369. The highest BCUT2D eigenvalue weighted by atomic mass is 16.3. The number of piperidine rings is 1. The van der Waals surface area contributed by atoms with E-state index in [2.05, 4.69) is 43.5 Å². The lowest BCUT2D eigenvalue weighted by Gasteiger charge is -2.42. The van der Waals surface area contributed by atoms with Crippen molar-refractivity contribution in [3.05, 3.63) is 83.7 Å². The van der Waals surface area contributed by atoms with Crippen LogP contribution in [0.5, 0.6) is 0 Å². The summed E-state index contributed by atoms with van der Waals surface area (Å²) in [6, 6.07) is 19.8. The predicted molar refractivity (Wildman–Crippen MR) is 136 cm³/mol. The van der Waals surface area contributed by atoms with Gasteiger partial charge in [-0.3, -0.25) is 14.3 Å². The highest BCUT2D eigenvalue weighted by Gasteiger charge is 2.38. The Morgan fingerprint density at radius 2 is 1.77 bits per heavy atom. The zero-order chi connectivity index (χ0) is 24.6. The first-order valence-corrected chi connectivity index (χ1v) is 12.3. The zero-order valence-corrected chi connectivity index (χ0v) is 20.3. The molecular formula is C28H32N4O3. The number of benzene rings is 2. The summed E-state index contributed by atoms with van der Waals surface area (Å²) in [7, 11) is 0. The molecule has 0 radical (unpaired) electrons. The molecule has 3 aromatic rings. The summed E-state index contributed by atoms with van der Waals surface area (Å²) < 4.78 is 1.71. The van der Waals surface area contributed by atoms with Gasteiger partial charge in [-0.1, -0.05) is 50.2 Å². The van der Waals surface area contributed by atoms with Crippen molar-refractivity contribution >= 4 is 11.8 Å². The third-order valence-corrected chi connectivity index (χ3v) is 7.17. The molecule has 1 saturated heterocycles. The van der Waals surface area contributed by atoms with E-state index in [1.54, 1.807) is 26.7 Å². The molecule has 35 heavy (non-hydrogen) atoms. The number of nitrogens with zero attached hydrogens (tertiary/aromatic N) is 3. The predicted octanol–water partition coefficient (Wildman–Crippen LogP) is 3.90. The molecule has 0 spiro atoms. The van der Waals surface area contributed by atoms with Crippen LogP contribution in [-0.4, -0.2) is 63.3 Å². The molecule has 7 heteroatoms. The molecule has 0 bridgehead atoms. The molecule has 3 heterocycles. The molecule has 1 fully saturated rings. The largest absolute Gasteiger partial charge is 0.388 e. The SMILES string of the molecule is CC(C)c1ccc(-c2cccc(C(=O)N3CCC(O)(CN4CNn5cccc5C4=O)CC3)c2)cc1. The third-order valence-electron chi connectivity index (χ3n) is 7.17. The second-order valence-electron chi connectivity index (χ2n) is 9.96. The van der Waals surface area contributed by atoms with Crippen LogP contribution < -0.4 is 5.43 Å². The van der Waals surface area contributed by atoms with Crippen LogP contribution in [0.2, 0.25) is 0 Å². The molecule has 5 rings (SSSR count). The highest BCUT2D eigenvalue weighted by molar-refractivity contribution is 5.95. The first kappa shape index (κ1) is 23.2. The second kappa shape index (κ2) is 9.23. The normalized spacial score (nSPS) is 17.3. The van der Waals surface area contributed by atoms with Crippen LogP contribution in [0, 0.1) is 0 Å². The number of aliphatic hydroxyl groups is 1. The standard InChI is InChI=1S/C28H32N4O3/c1-20(2)21-8-10-22(11-9-21)23-5-3-6-24(17-23)26(33)30-15-12-28(35,13-16-30)18-31-19-29-32-14-4-7-25(32)27(31)34/h3-11,14,17,20,29,35H,12-13,15-16,18-19H2,1-2H3. The Hall–Kier alpha value is -3.58. The van der Waals surface area contributed by atoms with E-state index in [9.17, 15) is 14.7 Å². The lowest BCUT2D eigenvalue weighted by atomic mass is 9.90. The van der Waals surface area contributed by atoms with E-state index in [4.69, 9.17) is 0 Å². The Kier molecular flexibility index (Phi) is 6.11. The molecule has 0 unspecified atom stereocenters. The molecule has 0 saturated carbocycles. The summed E-state index contributed by atoms with van der Waals surface area (Å²) in [5.41, 5.74) is 6.74. The maximum absolute atomic E-state index is 13.3. The van der Waals surface area contributed by atoms with Gasteiger partial charge in [-0.05, 0) is 59.7 Å². The Balaban J connectivity index is 1.22. The van der Waals surface area contributed by atoms with Gasteiger partial charge in [0, 0.05) is 24.8 Å². The minimum atomic E-state index is -1.01. The topological polar surface area (TPSA) is 77.8 Å². The number of amides is 2. The molecule has 0 aliphatic carbocycles. The summed E-state index contributed by atoms with van der Waals surface area (Å²) in [6.45, 7) is 5.84. The Morgan fingerprint density at radius 1 is 1.03 bits per heavy atom. The van der Waals surface area contributed by atoms with Gasteiger partial charge in [0.05, 0.1) is 12.1 Å². The summed E-state index contributed by atoms with van der Waals surface area (Å²) in [4.78, 5) is 29.4. The number of aromatic nitrogens is 1. The zero-order valence-electron chi connectivity index (χ0n) is 20.3. The molecule has 182 valence electrons. The summed E-state index contributed by atoms with van der Waals surface area (Å²) in [6.07, 6.45) is 2.67. The molecule has 2 aliphatic rings. The minimum absolute atomic E-state index is 0.0266. The smallest absolute Gasteiger partial charge is 0.273 e. The van der Waals surface area contributed by atoms with Gasteiger partial charge in [-0.2, -0.15) is 0 Å². The monoisotopic (exact) mass is 472 g/mol. The first-order chi connectivity index (χ1) is 16.8. The summed E-state index contributed by atoms with van der Waals surface area (Å²) in [5, 5.41) is 11.2. The van der Waals surface area contributed by atoms with E-state index in [1.165, 1.54) is 5.56 Å². The maximum Gasteiger partial charge on any atom is 0.273 e. The van der Waals surface area contributed by atoms with E-state index in [0.717, 1.165) is 11.1 Å². The van der Waals surface area contributed by atoms with Gasteiger partial charge in [-0.25, -0.2) is 0 Å². The maximum atomic E-state index is 13.3. The first-order valence-electron chi connectivity index (χ1n) is 12.3. The molecular weight excluding hydrogens is 440 g/mol. The molecule has 2 amide bonds. The van der Waals surface area contributed by atoms with E-state index in [-0.39, 0.29) is 18.4 Å². The van der Waals surface area contributed by atoms with Crippen LogP contribution in [0.3, 0.4) is 0 Å². The molecule has 1 aromatic heterocycles. The third kappa shape index (κ3) is 4.68. The minimum Gasteiger partial charge on any atom is -0.388 e. The Bertz CT molecular complexity index is 1220. The van der Waals surface area contributed by atoms with Gasteiger partial charge in [0.15, 0.2) is 0 Å². The van der Waals surface area contributed by atoms with Crippen LogP contribution in [0.25, 0.3) is 11.1 Å². The molecule has 0 atom stereocenters. The molecule has 2 aliphatic heterocycles. The Morgan fingerprint density at radius 3 is 2.49 bits per heavy atom. The van der Waals surface area contributed by atoms with Crippen LogP contribution in [0.15, 0.2) is 66.9 Å². The lowest BCUT2D eigenvalue weighted by Crippen LogP contribution is -2.56. The van der Waals surface area contributed by atoms with E-state index >= 15 is 0 Å². The van der Waals surface area contributed by atoms with Gasteiger partial charge < -0.3 is 20.3 Å². The van der Waals surface area contributed by atoms with Crippen LogP contribution in [0.4, 0.5) is 0 Å². The van der Waals surface area contributed by atoms with Crippen LogP contribution in [0.1, 0.15) is 59.0 Å². The number of hydrogen-bond donors (Lipinski definition) is 2. The number of nitrogens with one attached hydrogen (secondary N) is 1. The van der Waals surface area contributed by atoms with Gasteiger partial charge in [0.2, 0.25) is 0 Å². The van der Waals surface area contributed by atoms with Crippen molar-refractivity contribution in [1.82, 2.24) is 14.5 Å². The van der Waals surface area contributed by atoms with Crippen molar-refractivity contribution in [3.63, 3.8) is 0 Å². The second-order valence-corrected chi connectivity index (χ2v) is 9.96. The fourth-order valence-corrected chi connectivity index (χ4v) is 4.93. The number of carbonyl (C=O) groups excluding carboxylic acids is 2. The van der Waals surface area contributed by atoms with Crippen molar-refractivity contribution in [2.24, 2.45) is 0 Å². The summed E-state index contributed by atoms with van der Waals surface area (Å²) in [5.74, 6) is 0.352. The van der Waals surface area contributed by atoms with Crippen LogP contribution in [-0.2, 0) is 0 Å². The Labute approximate surface area is 205 Å². The van der Waals surface area contributed by atoms with Gasteiger partial charge in [0.1, 0.15) is 12.4 Å². The van der Waals surface area contributed by atoms with Gasteiger partial charge in [-0.15, -0.1) is 0 Å². The summed E-state index contributed by atoms with van der Waals surface area (Å²) >= 11 is 0. The molecule has 2 aromatic carbocycles. The number of hydrogen-bond acceptors (Lipinski definition) is 4. The van der Waals surface area contributed by atoms with Gasteiger partial charge in [0.25, 0.3) is 11.8 Å². The van der Waals surface area contributed by atoms with Crippen molar-refractivity contribution in [2.75, 3.05) is 31.7 Å². The van der Waals surface area contributed by atoms with Crippen LogP contribution >= 0.6 is 0 Å². The van der Waals surface area contributed by atoms with Crippen molar-refractivity contribution in [3.8, 4) is 11.1 Å². The number of fused-ring (bicyclic) bond motifs is 1.